The maximum Gasteiger partial charge on any atom is 0.00248 e. The fourth-order valence-electron chi connectivity index (χ4n) is 4.76. The van der Waals surface area contributed by atoms with E-state index in [0.29, 0.717) is 5.66 Å². The molecule has 4 rings (SSSR count). The number of rotatable bonds is 5. The fourth-order valence-corrected chi connectivity index (χ4v) is 11.3. The van der Waals surface area contributed by atoms with Crippen LogP contribution in [0.15, 0.2) is 84.9 Å². The highest BCUT2D eigenvalue weighted by Gasteiger charge is 2.35. The second kappa shape index (κ2) is 8.90. The highest BCUT2D eigenvalue weighted by atomic mass is 31.1. The maximum absolute atomic E-state index is 2.51. The Kier molecular flexibility index (Phi) is 6.30. The summed E-state index contributed by atoms with van der Waals surface area (Å²) in [6.45, 7) is 7.49. The molecule has 2 heteroatoms. The van der Waals surface area contributed by atoms with Crippen LogP contribution in [0.5, 0.6) is 0 Å². The molecule has 0 bridgehead atoms. The van der Waals surface area contributed by atoms with Crippen molar-refractivity contribution in [2.75, 3.05) is 0 Å². The van der Waals surface area contributed by atoms with Crippen molar-refractivity contribution in [1.29, 1.82) is 0 Å². The van der Waals surface area contributed by atoms with Gasteiger partial charge in [0.05, 0.1) is 0 Å². The Morgan fingerprint density at radius 2 is 1.18 bits per heavy atom. The van der Waals surface area contributed by atoms with Crippen molar-refractivity contribution in [2.45, 2.75) is 50.6 Å². The topological polar surface area (TPSA) is 0 Å². The minimum atomic E-state index is -0.532. The summed E-state index contributed by atoms with van der Waals surface area (Å²) in [7, 11) is -0.505. The van der Waals surface area contributed by atoms with Crippen molar-refractivity contribution in [3.8, 4) is 0 Å². The van der Waals surface area contributed by atoms with Gasteiger partial charge in [-0.05, 0) is 53.6 Å². The van der Waals surface area contributed by atoms with E-state index in [1.807, 2.05) is 0 Å². The van der Waals surface area contributed by atoms with Gasteiger partial charge in [0.1, 0.15) is 0 Å². The third kappa shape index (κ3) is 3.96. The molecule has 1 saturated heterocycles. The predicted octanol–water partition coefficient (Wildman–Crippen LogP) is 6.56. The first-order valence-corrected chi connectivity index (χ1v) is 13.3. The summed E-state index contributed by atoms with van der Waals surface area (Å²) in [5.41, 5.74) is 4.02. The maximum atomic E-state index is 2.51. The van der Waals surface area contributed by atoms with Crippen molar-refractivity contribution >= 4 is 31.8 Å². The lowest BCUT2D eigenvalue weighted by molar-refractivity contribution is 0.777. The van der Waals surface area contributed by atoms with Crippen LogP contribution in [0.2, 0.25) is 0 Å². The summed E-state index contributed by atoms with van der Waals surface area (Å²) >= 11 is 0. The van der Waals surface area contributed by atoms with Crippen LogP contribution >= 0.6 is 15.8 Å². The third-order valence-corrected chi connectivity index (χ3v) is 12.4. The van der Waals surface area contributed by atoms with Crippen molar-refractivity contribution < 1.29 is 0 Å². The number of hydrogen-bond donors (Lipinski definition) is 0. The van der Waals surface area contributed by atoms with E-state index in [1.165, 1.54) is 23.5 Å². The Bertz CT molecular complexity index is 841. The zero-order valence-corrected chi connectivity index (χ0v) is 18.9. The molecule has 0 aliphatic carbocycles. The Balaban J connectivity index is 1.82. The molecular weight excluding hydrogens is 374 g/mol. The van der Waals surface area contributed by atoms with E-state index in [4.69, 9.17) is 0 Å². The van der Waals surface area contributed by atoms with Gasteiger partial charge in [-0.1, -0.05) is 114 Å². The van der Waals surface area contributed by atoms with Crippen LogP contribution in [-0.2, 0) is 0 Å². The zero-order valence-electron chi connectivity index (χ0n) is 17.1. The zero-order chi connectivity index (χ0) is 19.5. The van der Waals surface area contributed by atoms with E-state index in [1.54, 1.807) is 10.9 Å². The first-order chi connectivity index (χ1) is 13.7. The third-order valence-electron chi connectivity index (χ3n) is 6.12. The highest BCUT2D eigenvalue weighted by molar-refractivity contribution is 7.80. The molecule has 3 aromatic rings. The molecule has 0 aromatic heterocycles. The first-order valence-electron chi connectivity index (χ1n) is 10.4. The lowest BCUT2D eigenvalue weighted by atomic mass is 10.2. The SMILES string of the molecule is C[C@@H]1CC[C@@H](C)P1[C@@H](C)c1ccccc1P(c1ccccc1)c1ccccc1. The van der Waals surface area contributed by atoms with Gasteiger partial charge in [-0.25, -0.2) is 0 Å². The molecule has 1 aliphatic rings. The van der Waals surface area contributed by atoms with E-state index in [9.17, 15) is 0 Å². The molecule has 3 aromatic carbocycles. The molecule has 28 heavy (non-hydrogen) atoms. The second-order valence-corrected chi connectivity index (χ2v) is 13.6. The molecule has 0 N–H and O–H groups in total. The van der Waals surface area contributed by atoms with Gasteiger partial charge in [0.25, 0.3) is 0 Å². The summed E-state index contributed by atoms with van der Waals surface area (Å²) in [4.78, 5) is 0. The van der Waals surface area contributed by atoms with E-state index in [-0.39, 0.29) is 7.92 Å². The average Bonchev–Trinajstić information content (AvgIpc) is 3.08. The van der Waals surface area contributed by atoms with Gasteiger partial charge in [-0.2, -0.15) is 0 Å². The van der Waals surface area contributed by atoms with Gasteiger partial charge < -0.3 is 0 Å². The van der Waals surface area contributed by atoms with E-state index < -0.39 is 7.92 Å². The standard InChI is InChI=1S/C26H30P2/c1-20-18-19-21(2)27(20)22(3)25-16-10-11-17-26(25)28(23-12-6-4-7-13-23)24-14-8-5-9-15-24/h4-17,20-22H,18-19H2,1-3H3/t20-,21-,22+/m1/s1. The summed E-state index contributed by atoms with van der Waals surface area (Å²) in [6.07, 6.45) is 2.82. The molecule has 0 saturated carbocycles. The first kappa shape index (κ1) is 19.8. The smallest absolute Gasteiger partial charge is 0.00248 e. The van der Waals surface area contributed by atoms with Crippen molar-refractivity contribution in [1.82, 2.24) is 0 Å². The van der Waals surface area contributed by atoms with Gasteiger partial charge in [-0.3, -0.25) is 0 Å². The van der Waals surface area contributed by atoms with Crippen LogP contribution in [0.3, 0.4) is 0 Å². The van der Waals surface area contributed by atoms with Crippen molar-refractivity contribution in [3.05, 3.63) is 90.5 Å². The number of benzene rings is 3. The molecule has 0 unspecified atom stereocenters. The molecule has 0 spiro atoms. The second-order valence-electron chi connectivity index (χ2n) is 7.96. The van der Waals surface area contributed by atoms with Gasteiger partial charge in [0, 0.05) is 5.66 Å². The van der Waals surface area contributed by atoms with Gasteiger partial charge >= 0.3 is 0 Å². The molecule has 0 amide bonds. The minimum Gasteiger partial charge on any atom is -0.0935 e. The van der Waals surface area contributed by atoms with Gasteiger partial charge in [-0.15, -0.1) is 0 Å². The predicted molar refractivity (Wildman–Crippen MR) is 129 cm³/mol. The van der Waals surface area contributed by atoms with Crippen LogP contribution in [0.1, 0.15) is 44.8 Å². The van der Waals surface area contributed by atoms with Crippen molar-refractivity contribution in [2.24, 2.45) is 0 Å². The van der Waals surface area contributed by atoms with E-state index in [2.05, 4.69) is 106 Å². The molecule has 0 nitrogen and oxygen atoms in total. The molecule has 0 radical (unpaired) electrons. The normalized spacial score (nSPS) is 21.1. The Morgan fingerprint density at radius 1 is 0.714 bits per heavy atom. The lowest BCUT2D eigenvalue weighted by Crippen LogP contribution is -2.24. The average molecular weight is 404 g/mol. The fraction of sp³-hybridized carbons (Fsp3) is 0.308. The lowest BCUT2D eigenvalue weighted by Gasteiger charge is -2.32. The molecule has 1 heterocycles. The number of hydrogen-bond acceptors (Lipinski definition) is 0. The summed E-state index contributed by atoms with van der Waals surface area (Å²) < 4.78 is 0. The Morgan fingerprint density at radius 3 is 1.71 bits per heavy atom. The molecule has 1 aliphatic heterocycles. The van der Waals surface area contributed by atoms with Crippen LogP contribution in [0.4, 0.5) is 0 Å². The Labute approximate surface area is 172 Å². The van der Waals surface area contributed by atoms with Gasteiger partial charge in [0.15, 0.2) is 0 Å². The summed E-state index contributed by atoms with van der Waals surface area (Å²) in [6, 6.07) is 31.5. The molecule has 3 atom stereocenters. The molecule has 144 valence electrons. The quantitative estimate of drug-likeness (QED) is 0.423. The van der Waals surface area contributed by atoms with E-state index >= 15 is 0 Å². The largest absolute Gasteiger partial charge is 0.0935 e. The minimum absolute atomic E-state index is 0.0266. The van der Waals surface area contributed by atoms with Crippen LogP contribution in [0.25, 0.3) is 0 Å². The summed E-state index contributed by atoms with van der Waals surface area (Å²) in [5.74, 6) is 0. The van der Waals surface area contributed by atoms with Crippen LogP contribution < -0.4 is 15.9 Å². The monoisotopic (exact) mass is 404 g/mol. The highest BCUT2D eigenvalue weighted by Crippen LogP contribution is 2.64. The van der Waals surface area contributed by atoms with E-state index in [0.717, 1.165) is 11.3 Å². The van der Waals surface area contributed by atoms with Crippen LogP contribution in [0, 0.1) is 0 Å². The van der Waals surface area contributed by atoms with Gasteiger partial charge in [0.2, 0.25) is 0 Å². The molecular formula is C26H30P2. The Hall–Kier alpha value is -1.48. The molecule has 1 fully saturated rings. The van der Waals surface area contributed by atoms with Crippen molar-refractivity contribution in [3.63, 3.8) is 0 Å². The van der Waals surface area contributed by atoms with Crippen LogP contribution in [-0.4, -0.2) is 11.3 Å². The summed E-state index contributed by atoms with van der Waals surface area (Å²) in [5, 5.41) is 4.45.